The zero-order valence-corrected chi connectivity index (χ0v) is 21.4. The Balaban J connectivity index is 1.12. The average molecular weight is 507 g/mol. The van der Waals surface area contributed by atoms with Gasteiger partial charge in [-0.15, -0.1) is 0 Å². The molecule has 2 aromatic rings. The maximum atomic E-state index is 14.5. The summed E-state index contributed by atoms with van der Waals surface area (Å²) in [4.78, 5) is 31.0. The lowest BCUT2D eigenvalue weighted by molar-refractivity contribution is -0.147. The molecule has 1 saturated carbocycles. The van der Waals surface area contributed by atoms with Crippen molar-refractivity contribution in [1.82, 2.24) is 26.2 Å². The number of halogens is 1. The molecule has 4 fully saturated rings. The Bertz CT molecular complexity index is 1200. The number of piperazine rings is 1. The van der Waals surface area contributed by atoms with Gasteiger partial charge in [-0.2, -0.15) is 5.53 Å². The van der Waals surface area contributed by atoms with Crippen LogP contribution in [0.25, 0.3) is 0 Å². The van der Waals surface area contributed by atoms with Crippen molar-refractivity contribution in [2.45, 2.75) is 51.4 Å². The summed E-state index contributed by atoms with van der Waals surface area (Å²) < 4.78 is 14.5. The number of hydrazine groups is 2. The normalized spacial score (nSPS) is 30.0. The van der Waals surface area contributed by atoms with E-state index >= 15 is 0 Å². The summed E-state index contributed by atoms with van der Waals surface area (Å²) >= 11 is 0. The van der Waals surface area contributed by atoms with Crippen molar-refractivity contribution in [3.05, 3.63) is 65.0 Å². The summed E-state index contributed by atoms with van der Waals surface area (Å²) in [7, 11) is 0. The van der Waals surface area contributed by atoms with Crippen LogP contribution in [-0.4, -0.2) is 60.1 Å². The first kappa shape index (κ1) is 24.3. The van der Waals surface area contributed by atoms with Gasteiger partial charge in [0.2, 0.25) is 11.8 Å². The molecule has 5 atom stereocenters. The monoisotopic (exact) mass is 506 g/mol. The Labute approximate surface area is 217 Å². The van der Waals surface area contributed by atoms with E-state index in [-0.39, 0.29) is 35.5 Å². The fourth-order valence-corrected chi connectivity index (χ4v) is 6.59. The van der Waals surface area contributed by atoms with E-state index in [2.05, 4.69) is 53.2 Å². The van der Waals surface area contributed by atoms with Crippen molar-refractivity contribution in [3.8, 4) is 0 Å². The average Bonchev–Trinajstić information content (AvgIpc) is 3.33. The van der Waals surface area contributed by atoms with Crippen molar-refractivity contribution in [2.24, 2.45) is 11.8 Å². The SMILES string of the molecule is Cc1ccc(C)c(N2CCN(C(=O)C3CCC4C(=O)NC5C(c6ccccc6F)NNN5C4C3)CC2)c1. The Morgan fingerprint density at radius 3 is 2.59 bits per heavy atom. The van der Waals surface area contributed by atoms with Gasteiger partial charge in [-0.25, -0.2) is 14.8 Å². The smallest absolute Gasteiger partial charge is 0.226 e. The predicted molar refractivity (Wildman–Crippen MR) is 139 cm³/mol. The Hall–Kier alpha value is -3.01. The second-order valence-corrected chi connectivity index (χ2v) is 10.9. The number of carbonyl (C=O) groups is 2. The van der Waals surface area contributed by atoms with Crippen LogP contribution in [0.2, 0.25) is 0 Å². The molecule has 3 heterocycles. The quantitative estimate of drug-likeness (QED) is 0.594. The van der Waals surface area contributed by atoms with Gasteiger partial charge in [0.05, 0.1) is 12.0 Å². The van der Waals surface area contributed by atoms with Gasteiger partial charge < -0.3 is 15.1 Å². The van der Waals surface area contributed by atoms with Crippen LogP contribution in [0.5, 0.6) is 0 Å². The van der Waals surface area contributed by atoms with E-state index in [0.717, 1.165) is 13.1 Å². The highest BCUT2D eigenvalue weighted by Gasteiger charge is 2.52. The van der Waals surface area contributed by atoms with E-state index in [1.807, 2.05) is 9.91 Å². The summed E-state index contributed by atoms with van der Waals surface area (Å²) in [5.41, 5.74) is 10.6. The highest BCUT2D eigenvalue weighted by atomic mass is 19.1. The van der Waals surface area contributed by atoms with Gasteiger partial charge in [-0.3, -0.25) is 9.59 Å². The zero-order valence-electron chi connectivity index (χ0n) is 21.4. The van der Waals surface area contributed by atoms with Crippen LogP contribution < -0.4 is 21.2 Å². The number of nitrogens with zero attached hydrogens (tertiary/aromatic N) is 3. The second-order valence-electron chi connectivity index (χ2n) is 10.9. The van der Waals surface area contributed by atoms with E-state index in [1.165, 1.54) is 22.9 Å². The molecule has 5 unspecified atom stereocenters. The molecule has 37 heavy (non-hydrogen) atoms. The van der Waals surface area contributed by atoms with E-state index in [0.29, 0.717) is 37.9 Å². The van der Waals surface area contributed by atoms with Crippen molar-refractivity contribution >= 4 is 17.5 Å². The molecule has 2 amide bonds. The molecule has 2 aromatic carbocycles. The highest BCUT2D eigenvalue weighted by Crippen LogP contribution is 2.39. The fraction of sp³-hybridized carbons (Fsp3) is 0.500. The van der Waals surface area contributed by atoms with Gasteiger partial charge in [0, 0.05) is 49.4 Å². The molecule has 0 spiro atoms. The molecule has 8 nitrogen and oxygen atoms in total. The lowest BCUT2D eigenvalue weighted by Crippen LogP contribution is -2.66. The lowest BCUT2D eigenvalue weighted by Gasteiger charge is -2.47. The number of rotatable bonds is 3. The molecule has 0 bridgehead atoms. The van der Waals surface area contributed by atoms with Crippen LogP contribution in [-0.2, 0) is 9.59 Å². The maximum Gasteiger partial charge on any atom is 0.226 e. The molecular formula is C28H35FN6O2. The molecule has 196 valence electrons. The molecule has 6 rings (SSSR count). The van der Waals surface area contributed by atoms with Crippen molar-refractivity contribution in [1.29, 1.82) is 0 Å². The minimum Gasteiger partial charge on any atom is -0.368 e. The number of anilines is 1. The number of carbonyl (C=O) groups excluding carboxylic acids is 2. The molecule has 3 saturated heterocycles. The number of nitrogens with one attached hydrogen (secondary N) is 3. The van der Waals surface area contributed by atoms with E-state index < -0.39 is 12.2 Å². The van der Waals surface area contributed by atoms with Gasteiger partial charge in [-0.05, 0) is 56.4 Å². The molecule has 4 aliphatic rings. The Morgan fingerprint density at radius 1 is 1.03 bits per heavy atom. The van der Waals surface area contributed by atoms with Crippen LogP contribution >= 0.6 is 0 Å². The van der Waals surface area contributed by atoms with Crippen LogP contribution in [0.1, 0.15) is 42.0 Å². The third kappa shape index (κ3) is 4.39. The molecule has 3 aliphatic heterocycles. The van der Waals surface area contributed by atoms with Crippen LogP contribution in [0, 0.1) is 31.5 Å². The minimum atomic E-state index is -0.416. The van der Waals surface area contributed by atoms with E-state index in [9.17, 15) is 14.0 Å². The highest BCUT2D eigenvalue weighted by molar-refractivity contribution is 5.83. The van der Waals surface area contributed by atoms with Crippen LogP contribution in [0.4, 0.5) is 10.1 Å². The Morgan fingerprint density at radius 2 is 1.81 bits per heavy atom. The summed E-state index contributed by atoms with van der Waals surface area (Å²) in [5.74, 6) is -0.424. The van der Waals surface area contributed by atoms with Crippen molar-refractivity contribution < 1.29 is 14.0 Å². The minimum absolute atomic E-state index is 0.00822. The van der Waals surface area contributed by atoms with Gasteiger partial charge in [0.25, 0.3) is 0 Å². The molecule has 3 N–H and O–H groups in total. The Kier molecular flexibility index (Phi) is 6.38. The van der Waals surface area contributed by atoms with Gasteiger partial charge in [0.1, 0.15) is 12.0 Å². The molecule has 0 radical (unpaired) electrons. The third-order valence-electron chi connectivity index (χ3n) is 8.65. The number of amides is 2. The number of aryl methyl sites for hydroxylation is 2. The lowest BCUT2D eigenvalue weighted by atomic mass is 9.75. The standard InChI is InChI=1S/C28H35FN6O2/c1-17-7-8-18(2)23(15-17)33-11-13-34(14-12-33)28(37)19-9-10-21-24(16-19)35-26(30-27(21)36)25(31-32-35)20-5-3-4-6-22(20)29/h3-8,15,19,21,24-26,31-32H,9-14,16H2,1-2H3,(H,30,36). The van der Waals surface area contributed by atoms with Gasteiger partial charge >= 0.3 is 0 Å². The van der Waals surface area contributed by atoms with Crippen LogP contribution in [0.15, 0.2) is 42.5 Å². The largest absolute Gasteiger partial charge is 0.368 e. The van der Waals surface area contributed by atoms with Gasteiger partial charge in [0.15, 0.2) is 0 Å². The molecule has 9 heteroatoms. The zero-order chi connectivity index (χ0) is 25.7. The van der Waals surface area contributed by atoms with E-state index in [4.69, 9.17) is 0 Å². The summed E-state index contributed by atoms with van der Waals surface area (Å²) in [6.07, 6.45) is 1.59. The first-order valence-corrected chi connectivity index (χ1v) is 13.4. The fourth-order valence-electron chi connectivity index (χ4n) is 6.59. The molecule has 0 aromatic heterocycles. The van der Waals surface area contributed by atoms with Gasteiger partial charge in [-0.1, -0.05) is 30.3 Å². The third-order valence-corrected chi connectivity index (χ3v) is 8.65. The number of hydrogen-bond donors (Lipinski definition) is 3. The summed E-state index contributed by atoms with van der Waals surface area (Å²) in [5, 5.41) is 5.09. The second kappa shape index (κ2) is 9.70. The van der Waals surface area contributed by atoms with Crippen LogP contribution in [0.3, 0.4) is 0 Å². The van der Waals surface area contributed by atoms with Crippen molar-refractivity contribution in [2.75, 3.05) is 31.1 Å². The molecular weight excluding hydrogens is 471 g/mol. The number of benzene rings is 2. The first-order chi connectivity index (χ1) is 17.9. The first-order valence-electron chi connectivity index (χ1n) is 13.4. The van der Waals surface area contributed by atoms with Crippen molar-refractivity contribution in [3.63, 3.8) is 0 Å². The predicted octanol–water partition coefficient (Wildman–Crippen LogP) is 2.40. The topological polar surface area (TPSA) is 80.0 Å². The number of fused-ring (bicyclic) bond motifs is 3. The number of hydrogen-bond acceptors (Lipinski definition) is 6. The summed E-state index contributed by atoms with van der Waals surface area (Å²) in [6, 6.07) is 12.6. The molecule has 1 aliphatic carbocycles. The maximum absolute atomic E-state index is 14.5. The summed E-state index contributed by atoms with van der Waals surface area (Å²) in [6.45, 7) is 7.30. The van der Waals surface area contributed by atoms with E-state index in [1.54, 1.807) is 18.2 Å².